The number of nitrogens with zero attached hydrogens (tertiary/aromatic N) is 1. The summed E-state index contributed by atoms with van der Waals surface area (Å²) in [4.78, 5) is 4.01. The van der Waals surface area contributed by atoms with Crippen molar-refractivity contribution in [2.24, 2.45) is 4.99 Å². The SMILES string of the molecule is C#CCNC(=NC)NCCCOCCOC. The Morgan fingerprint density at radius 3 is 2.75 bits per heavy atom. The van der Waals surface area contributed by atoms with Crippen LogP contribution in [-0.4, -0.2) is 53.0 Å². The molecule has 16 heavy (non-hydrogen) atoms. The number of rotatable bonds is 8. The van der Waals surface area contributed by atoms with Crippen molar-refractivity contribution in [3.63, 3.8) is 0 Å². The van der Waals surface area contributed by atoms with Crippen LogP contribution in [0.2, 0.25) is 0 Å². The van der Waals surface area contributed by atoms with E-state index in [-0.39, 0.29) is 0 Å². The van der Waals surface area contributed by atoms with Crippen molar-refractivity contribution in [2.75, 3.05) is 47.1 Å². The van der Waals surface area contributed by atoms with E-state index < -0.39 is 0 Å². The van der Waals surface area contributed by atoms with E-state index in [1.807, 2.05) is 0 Å². The zero-order valence-corrected chi connectivity index (χ0v) is 10.1. The van der Waals surface area contributed by atoms with Gasteiger partial charge in [-0.15, -0.1) is 6.42 Å². The molecule has 0 aliphatic carbocycles. The van der Waals surface area contributed by atoms with E-state index >= 15 is 0 Å². The van der Waals surface area contributed by atoms with Crippen LogP contribution in [0.3, 0.4) is 0 Å². The first-order chi connectivity index (χ1) is 7.85. The zero-order chi connectivity index (χ0) is 12.1. The standard InChI is InChI=1S/C11H21N3O2/c1-4-6-13-11(12-2)14-7-5-8-16-10-9-15-3/h1H,5-10H2,2-3H3,(H2,12,13,14). The van der Waals surface area contributed by atoms with Gasteiger partial charge in [0, 0.05) is 27.3 Å². The summed E-state index contributed by atoms with van der Waals surface area (Å²) in [6.45, 7) is 3.27. The normalized spacial score (nSPS) is 10.9. The molecule has 0 radical (unpaired) electrons. The van der Waals surface area contributed by atoms with Crippen LogP contribution in [0.15, 0.2) is 4.99 Å². The van der Waals surface area contributed by atoms with Crippen molar-refractivity contribution in [2.45, 2.75) is 6.42 Å². The van der Waals surface area contributed by atoms with Crippen LogP contribution < -0.4 is 10.6 Å². The Hall–Kier alpha value is -1.25. The van der Waals surface area contributed by atoms with Gasteiger partial charge in [-0.25, -0.2) is 0 Å². The fraction of sp³-hybridized carbons (Fsp3) is 0.727. The third-order valence-electron chi connectivity index (χ3n) is 1.77. The predicted molar refractivity (Wildman–Crippen MR) is 65.5 cm³/mol. The van der Waals surface area contributed by atoms with Crippen LogP contribution >= 0.6 is 0 Å². The van der Waals surface area contributed by atoms with Crippen LogP contribution in [0.1, 0.15) is 6.42 Å². The first-order valence-electron chi connectivity index (χ1n) is 5.29. The maximum Gasteiger partial charge on any atom is 0.191 e. The van der Waals surface area contributed by atoms with Crippen molar-refractivity contribution < 1.29 is 9.47 Å². The topological polar surface area (TPSA) is 54.9 Å². The molecule has 0 saturated heterocycles. The smallest absolute Gasteiger partial charge is 0.191 e. The molecule has 0 unspecified atom stereocenters. The molecule has 0 rings (SSSR count). The van der Waals surface area contributed by atoms with E-state index in [4.69, 9.17) is 15.9 Å². The Labute approximate surface area is 97.6 Å². The van der Waals surface area contributed by atoms with Crippen molar-refractivity contribution in [3.8, 4) is 12.3 Å². The van der Waals surface area contributed by atoms with Gasteiger partial charge < -0.3 is 20.1 Å². The molecule has 0 fully saturated rings. The van der Waals surface area contributed by atoms with Gasteiger partial charge in [-0.3, -0.25) is 4.99 Å². The number of aliphatic imine (C=N–C) groups is 1. The van der Waals surface area contributed by atoms with E-state index in [9.17, 15) is 0 Å². The van der Waals surface area contributed by atoms with E-state index in [1.165, 1.54) is 0 Å². The highest BCUT2D eigenvalue weighted by Crippen LogP contribution is 1.81. The van der Waals surface area contributed by atoms with Gasteiger partial charge in [0.25, 0.3) is 0 Å². The van der Waals surface area contributed by atoms with Crippen molar-refractivity contribution in [3.05, 3.63) is 0 Å². The number of nitrogens with one attached hydrogen (secondary N) is 2. The lowest BCUT2D eigenvalue weighted by Gasteiger charge is -2.09. The Morgan fingerprint density at radius 2 is 2.12 bits per heavy atom. The molecule has 0 atom stereocenters. The van der Waals surface area contributed by atoms with Gasteiger partial charge in [-0.05, 0) is 6.42 Å². The molecule has 5 heteroatoms. The second-order valence-corrected chi connectivity index (χ2v) is 3.02. The molecule has 92 valence electrons. The van der Waals surface area contributed by atoms with Crippen LogP contribution in [0.25, 0.3) is 0 Å². The Morgan fingerprint density at radius 1 is 1.31 bits per heavy atom. The zero-order valence-electron chi connectivity index (χ0n) is 10.1. The van der Waals surface area contributed by atoms with Crippen molar-refractivity contribution in [1.82, 2.24) is 10.6 Å². The highest BCUT2D eigenvalue weighted by atomic mass is 16.5. The Balaban J connectivity index is 3.32. The van der Waals surface area contributed by atoms with Crippen LogP contribution in [0, 0.1) is 12.3 Å². The molecule has 2 N–H and O–H groups in total. The molecular weight excluding hydrogens is 206 g/mol. The number of hydrogen-bond acceptors (Lipinski definition) is 3. The van der Waals surface area contributed by atoms with E-state index in [0.717, 1.165) is 18.9 Å². The molecule has 0 bridgehead atoms. The van der Waals surface area contributed by atoms with Gasteiger partial charge in [0.05, 0.1) is 19.8 Å². The van der Waals surface area contributed by atoms with Gasteiger partial charge >= 0.3 is 0 Å². The molecule has 0 aromatic carbocycles. The minimum atomic E-state index is 0.476. The highest BCUT2D eigenvalue weighted by molar-refractivity contribution is 5.79. The summed E-state index contributed by atoms with van der Waals surface area (Å²) in [5.41, 5.74) is 0. The molecular formula is C11H21N3O2. The first-order valence-corrected chi connectivity index (χ1v) is 5.29. The quantitative estimate of drug-likeness (QED) is 0.262. The van der Waals surface area contributed by atoms with Crippen LogP contribution in [0.5, 0.6) is 0 Å². The minimum absolute atomic E-state index is 0.476. The van der Waals surface area contributed by atoms with Gasteiger partial charge in [0.15, 0.2) is 5.96 Å². The molecule has 0 aromatic rings. The summed E-state index contributed by atoms with van der Waals surface area (Å²) in [5.74, 6) is 3.20. The average Bonchev–Trinajstić information content (AvgIpc) is 2.32. The monoisotopic (exact) mass is 227 g/mol. The van der Waals surface area contributed by atoms with Crippen molar-refractivity contribution in [1.29, 1.82) is 0 Å². The first kappa shape index (κ1) is 14.8. The molecule has 0 aromatic heterocycles. The second-order valence-electron chi connectivity index (χ2n) is 3.02. The van der Waals surface area contributed by atoms with Crippen LogP contribution in [0.4, 0.5) is 0 Å². The third-order valence-corrected chi connectivity index (χ3v) is 1.77. The molecule has 0 amide bonds. The summed E-state index contributed by atoms with van der Waals surface area (Å²) in [6.07, 6.45) is 6.04. The average molecular weight is 227 g/mol. The summed E-state index contributed by atoms with van der Waals surface area (Å²) >= 11 is 0. The fourth-order valence-electron chi connectivity index (χ4n) is 0.981. The summed E-state index contributed by atoms with van der Waals surface area (Å²) in [7, 11) is 3.37. The number of methoxy groups -OCH3 is 1. The van der Waals surface area contributed by atoms with E-state index in [1.54, 1.807) is 14.2 Å². The minimum Gasteiger partial charge on any atom is -0.382 e. The number of ether oxygens (including phenoxy) is 2. The molecule has 0 aliphatic rings. The maximum atomic E-state index is 5.31. The van der Waals surface area contributed by atoms with Gasteiger partial charge in [-0.1, -0.05) is 5.92 Å². The maximum absolute atomic E-state index is 5.31. The summed E-state index contributed by atoms with van der Waals surface area (Å²) in [5, 5.41) is 6.10. The number of terminal acetylenes is 1. The lowest BCUT2D eigenvalue weighted by atomic mass is 10.4. The predicted octanol–water partition coefficient (Wildman–Crippen LogP) is -0.162. The molecule has 0 spiro atoms. The lowest BCUT2D eigenvalue weighted by Crippen LogP contribution is -2.38. The van der Waals surface area contributed by atoms with Crippen molar-refractivity contribution >= 4 is 5.96 Å². The number of hydrogen-bond donors (Lipinski definition) is 2. The summed E-state index contributed by atoms with van der Waals surface area (Å²) in [6, 6.07) is 0. The second kappa shape index (κ2) is 11.8. The van der Waals surface area contributed by atoms with Crippen LogP contribution in [-0.2, 0) is 9.47 Å². The fourth-order valence-corrected chi connectivity index (χ4v) is 0.981. The Kier molecular flexibility index (Phi) is 10.9. The van der Waals surface area contributed by atoms with Gasteiger partial charge in [-0.2, -0.15) is 0 Å². The molecule has 5 nitrogen and oxygen atoms in total. The largest absolute Gasteiger partial charge is 0.382 e. The summed E-state index contributed by atoms with van der Waals surface area (Å²) < 4.78 is 10.2. The van der Waals surface area contributed by atoms with E-state index in [0.29, 0.717) is 26.4 Å². The van der Waals surface area contributed by atoms with Gasteiger partial charge in [0.1, 0.15) is 0 Å². The van der Waals surface area contributed by atoms with Gasteiger partial charge in [0.2, 0.25) is 0 Å². The molecule has 0 aliphatic heterocycles. The highest BCUT2D eigenvalue weighted by Gasteiger charge is 1.94. The van der Waals surface area contributed by atoms with E-state index in [2.05, 4.69) is 21.5 Å². The number of guanidine groups is 1. The lowest BCUT2D eigenvalue weighted by molar-refractivity contribution is 0.0698. The third kappa shape index (κ3) is 9.31. The molecule has 0 heterocycles. The Bertz CT molecular complexity index is 224. The molecule has 0 saturated carbocycles.